The van der Waals surface area contributed by atoms with Gasteiger partial charge in [0.15, 0.2) is 11.4 Å². The zero-order valence-electron chi connectivity index (χ0n) is 15.0. The van der Waals surface area contributed by atoms with Crippen molar-refractivity contribution in [3.05, 3.63) is 33.2 Å². The van der Waals surface area contributed by atoms with Crippen LogP contribution in [0.3, 0.4) is 0 Å². The highest BCUT2D eigenvalue weighted by atomic mass is 16.5. The Balaban J connectivity index is 2.11. The lowest BCUT2D eigenvalue weighted by molar-refractivity contribution is 0.0730. The highest BCUT2D eigenvalue weighted by Crippen LogP contribution is 2.44. The molecule has 1 aromatic carbocycles. The van der Waals surface area contributed by atoms with Gasteiger partial charge in [-0.2, -0.15) is 0 Å². The van der Waals surface area contributed by atoms with E-state index in [1.807, 2.05) is 27.7 Å². The summed E-state index contributed by atoms with van der Waals surface area (Å²) < 4.78 is 17.6. The monoisotopic (exact) mass is 342 g/mol. The van der Waals surface area contributed by atoms with E-state index in [-0.39, 0.29) is 29.5 Å². The molecule has 2 unspecified atom stereocenters. The molecule has 0 fully saturated rings. The second-order valence-electron chi connectivity index (χ2n) is 7.29. The predicted octanol–water partition coefficient (Wildman–Crippen LogP) is 3.67. The number of ketones is 1. The van der Waals surface area contributed by atoms with Crippen molar-refractivity contribution in [2.45, 2.75) is 59.2 Å². The Bertz CT molecular complexity index is 937. The molecule has 0 radical (unpaired) electrons. The first kappa shape index (κ1) is 16.2. The highest BCUT2D eigenvalue weighted by Gasteiger charge is 2.36. The molecule has 5 heteroatoms. The van der Waals surface area contributed by atoms with Crippen LogP contribution in [0.5, 0.6) is 11.5 Å². The van der Waals surface area contributed by atoms with E-state index >= 15 is 0 Å². The Kier molecular flexibility index (Phi) is 3.63. The van der Waals surface area contributed by atoms with E-state index in [4.69, 9.17) is 13.9 Å². The number of ether oxygens (including phenoxy) is 2. The summed E-state index contributed by atoms with van der Waals surface area (Å²) in [7, 11) is 0. The normalized spacial score (nSPS) is 22.0. The maximum atomic E-state index is 12.9. The van der Waals surface area contributed by atoms with Crippen molar-refractivity contribution in [3.63, 3.8) is 0 Å². The fraction of sp³-hybridized carbons (Fsp3) is 0.500. The second kappa shape index (κ2) is 5.61. The molecule has 1 aromatic heterocycles. The molecule has 2 heterocycles. The Labute approximate surface area is 145 Å². The molecule has 5 nitrogen and oxygen atoms in total. The first-order valence-electron chi connectivity index (χ1n) is 8.91. The van der Waals surface area contributed by atoms with E-state index in [1.54, 1.807) is 6.07 Å². The minimum atomic E-state index is -0.344. The zero-order chi connectivity index (χ0) is 17.9. The van der Waals surface area contributed by atoms with E-state index in [2.05, 4.69) is 0 Å². The smallest absolute Gasteiger partial charge is 0.339 e. The van der Waals surface area contributed by atoms with Crippen molar-refractivity contribution in [1.29, 1.82) is 0 Å². The predicted molar refractivity (Wildman–Crippen MR) is 93.9 cm³/mol. The molecular formula is C20H22O5. The molecule has 0 spiro atoms. The SMILES string of the molecule is CC(C)Oc1cc2c(c3oc(=O)c4c(c13)CCC4)C(=O)C(C)C(C)O2. The summed E-state index contributed by atoms with van der Waals surface area (Å²) >= 11 is 0. The van der Waals surface area contributed by atoms with Crippen LogP contribution in [0.2, 0.25) is 0 Å². The molecule has 1 aliphatic heterocycles. The van der Waals surface area contributed by atoms with Gasteiger partial charge in [0.05, 0.1) is 17.4 Å². The van der Waals surface area contributed by atoms with Gasteiger partial charge in [0.25, 0.3) is 0 Å². The van der Waals surface area contributed by atoms with Crippen LogP contribution in [0.4, 0.5) is 0 Å². The average molecular weight is 342 g/mol. The number of carbonyl (C=O) groups excluding carboxylic acids is 1. The zero-order valence-corrected chi connectivity index (χ0v) is 15.0. The van der Waals surface area contributed by atoms with Crippen molar-refractivity contribution < 1.29 is 18.7 Å². The number of hydrogen-bond donors (Lipinski definition) is 0. The Hall–Kier alpha value is -2.30. The van der Waals surface area contributed by atoms with Crippen LogP contribution in [0.1, 0.15) is 55.6 Å². The van der Waals surface area contributed by atoms with Crippen LogP contribution < -0.4 is 15.1 Å². The third-order valence-electron chi connectivity index (χ3n) is 5.21. The summed E-state index contributed by atoms with van der Waals surface area (Å²) in [6.45, 7) is 7.60. The van der Waals surface area contributed by atoms with Crippen LogP contribution in [0.15, 0.2) is 15.3 Å². The van der Waals surface area contributed by atoms with E-state index in [0.29, 0.717) is 34.6 Å². The quantitative estimate of drug-likeness (QED) is 0.779. The van der Waals surface area contributed by atoms with Gasteiger partial charge in [-0.15, -0.1) is 0 Å². The number of rotatable bonds is 2. The third-order valence-corrected chi connectivity index (χ3v) is 5.21. The first-order valence-corrected chi connectivity index (χ1v) is 8.91. The lowest BCUT2D eigenvalue weighted by Gasteiger charge is -2.29. The largest absolute Gasteiger partial charge is 0.490 e. The lowest BCUT2D eigenvalue weighted by Crippen LogP contribution is -2.34. The summed E-state index contributed by atoms with van der Waals surface area (Å²) in [5.41, 5.74) is 2.03. The maximum Gasteiger partial charge on any atom is 0.339 e. The summed E-state index contributed by atoms with van der Waals surface area (Å²) in [6, 6.07) is 1.79. The molecule has 2 aliphatic rings. The van der Waals surface area contributed by atoms with Crippen LogP contribution >= 0.6 is 0 Å². The number of fused-ring (bicyclic) bond motifs is 5. The maximum absolute atomic E-state index is 12.9. The van der Waals surface area contributed by atoms with Gasteiger partial charge in [0.2, 0.25) is 0 Å². The van der Waals surface area contributed by atoms with Gasteiger partial charge >= 0.3 is 5.63 Å². The molecule has 0 amide bonds. The molecule has 25 heavy (non-hydrogen) atoms. The number of carbonyl (C=O) groups is 1. The molecular weight excluding hydrogens is 320 g/mol. The summed E-state index contributed by atoms with van der Waals surface area (Å²) in [4.78, 5) is 25.3. The Morgan fingerprint density at radius 1 is 1.16 bits per heavy atom. The second-order valence-corrected chi connectivity index (χ2v) is 7.29. The average Bonchev–Trinajstić information content (AvgIpc) is 3.02. The lowest BCUT2D eigenvalue weighted by atomic mass is 9.89. The van der Waals surface area contributed by atoms with Crippen molar-refractivity contribution in [1.82, 2.24) is 0 Å². The summed E-state index contributed by atoms with van der Waals surface area (Å²) in [5, 5.41) is 0.762. The van der Waals surface area contributed by atoms with Crippen LogP contribution in [0.25, 0.3) is 11.0 Å². The third kappa shape index (κ3) is 2.36. The van der Waals surface area contributed by atoms with E-state index in [9.17, 15) is 9.59 Å². The van der Waals surface area contributed by atoms with E-state index < -0.39 is 0 Å². The minimum Gasteiger partial charge on any atom is -0.490 e. The van der Waals surface area contributed by atoms with Gasteiger partial charge in [-0.25, -0.2) is 4.79 Å². The van der Waals surface area contributed by atoms with Crippen LogP contribution in [0, 0.1) is 5.92 Å². The number of hydrogen-bond acceptors (Lipinski definition) is 5. The van der Waals surface area contributed by atoms with Crippen LogP contribution in [-0.2, 0) is 12.8 Å². The van der Waals surface area contributed by atoms with Crippen LogP contribution in [-0.4, -0.2) is 18.0 Å². The number of Topliss-reactive ketones (excluding diaryl/α,β-unsaturated/α-hetero) is 1. The topological polar surface area (TPSA) is 65.7 Å². The van der Waals surface area contributed by atoms with Gasteiger partial charge in [-0.05, 0) is 45.6 Å². The molecule has 0 saturated heterocycles. The summed E-state index contributed by atoms with van der Waals surface area (Å²) in [6.07, 6.45) is 2.15. The fourth-order valence-electron chi connectivity index (χ4n) is 3.82. The molecule has 1 aliphatic carbocycles. The Morgan fingerprint density at radius 3 is 2.60 bits per heavy atom. The molecule has 132 valence electrons. The molecule has 4 rings (SSSR count). The Morgan fingerprint density at radius 2 is 1.88 bits per heavy atom. The number of benzene rings is 1. The van der Waals surface area contributed by atoms with E-state index in [1.165, 1.54) is 0 Å². The molecule has 0 saturated carbocycles. The van der Waals surface area contributed by atoms with Gasteiger partial charge in [0, 0.05) is 11.6 Å². The van der Waals surface area contributed by atoms with Crippen molar-refractivity contribution in [3.8, 4) is 11.5 Å². The van der Waals surface area contributed by atoms with Crippen molar-refractivity contribution in [2.24, 2.45) is 5.92 Å². The summed E-state index contributed by atoms with van der Waals surface area (Å²) in [5.74, 6) is 0.738. The van der Waals surface area contributed by atoms with Gasteiger partial charge < -0.3 is 13.9 Å². The van der Waals surface area contributed by atoms with Gasteiger partial charge in [-0.3, -0.25) is 4.79 Å². The minimum absolute atomic E-state index is 0.0409. The van der Waals surface area contributed by atoms with Gasteiger partial charge in [0.1, 0.15) is 23.2 Å². The molecule has 2 atom stereocenters. The van der Waals surface area contributed by atoms with Gasteiger partial charge in [-0.1, -0.05) is 6.92 Å². The number of aryl methyl sites for hydroxylation is 1. The van der Waals surface area contributed by atoms with Crippen molar-refractivity contribution in [2.75, 3.05) is 0 Å². The molecule has 0 bridgehead atoms. The standard InChI is InChI=1S/C20H22O5/c1-9(2)23-14-8-15-17(18(21)10(3)11(4)24-15)19-16(14)12-6-5-7-13(12)20(22)25-19/h8-11H,5-7H2,1-4H3. The highest BCUT2D eigenvalue weighted by molar-refractivity contribution is 6.12. The molecule has 0 N–H and O–H groups in total. The van der Waals surface area contributed by atoms with Crippen molar-refractivity contribution >= 4 is 16.8 Å². The molecule has 2 aromatic rings. The fourth-order valence-corrected chi connectivity index (χ4v) is 3.82. The first-order chi connectivity index (χ1) is 11.9. The van der Waals surface area contributed by atoms with E-state index in [0.717, 1.165) is 23.8 Å².